The van der Waals surface area contributed by atoms with Gasteiger partial charge in [0.15, 0.2) is 5.75 Å². The Balaban J connectivity index is 2.25. The fourth-order valence-corrected chi connectivity index (χ4v) is 3.28. The minimum atomic E-state index is -0.407. The highest BCUT2D eigenvalue weighted by Gasteiger charge is 2.21. The van der Waals surface area contributed by atoms with Gasteiger partial charge in [0, 0.05) is 36.2 Å². The number of nitro benzene ring substituents is 1. The molecule has 1 saturated heterocycles. The van der Waals surface area contributed by atoms with E-state index in [9.17, 15) is 10.1 Å². The van der Waals surface area contributed by atoms with E-state index >= 15 is 0 Å². The van der Waals surface area contributed by atoms with E-state index in [-0.39, 0.29) is 5.69 Å². The topological polar surface area (TPSA) is 55.6 Å². The zero-order valence-corrected chi connectivity index (χ0v) is 12.7. The van der Waals surface area contributed by atoms with Crippen LogP contribution in [0.15, 0.2) is 18.2 Å². The van der Waals surface area contributed by atoms with E-state index in [0.29, 0.717) is 11.0 Å². The van der Waals surface area contributed by atoms with Crippen molar-refractivity contribution in [3.8, 4) is 5.75 Å². The summed E-state index contributed by atoms with van der Waals surface area (Å²) in [4.78, 5) is 12.8. The van der Waals surface area contributed by atoms with Crippen LogP contribution in [0.2, 0.25) is 0 Å². The second-order valence-corrected chi connectivity index (χ2v) is 6.05. The van der Waals surface area contributed by atoms with Crippen molar-refractivity contribution in [3.05, 3.63) is 28.3 Å². The van der Waals surface area contributed by atoms with Gasteiger partial charge in [-0.15, -0.1) is 0 Å². The molecule has 1 heterocycles. The molecule has 5 nitrogen and oxygen atoms in total. The molecule has 0 N–H and O–H groups in total. The maximum Gasteiger partial charge on any atom is 0.311 e. The van der Waals surface area contributed by atoms with E-state index in [1.54, 1.807) is 6.07 Å². The van der Waals surface area contributed by atoms with Crippen molar-refractivity contribution in [2.75, 3.05) is 31.4 Å². The minimum absolute atomic E-state index is 0.0208. The first-order chi connectivity index (χ1) is 9.65. The molecule has 0 aliphatic carbocycles. The number of nitro groups is 1. The monoisotopic (exact) mass is 296 g/mol. The van der Waals surface area contributed by atoms with Crippen molar-refractivity contribution in [2.24, 2.45) is 0 Å². The van der Waals surface area contributed by atoms with Gasteiger partial charge in [0.2, 0.25) is 0 Å². The van der Waals surface area contributed by atoms with Crippen LogP contribution in [0.3, 0.4) is 0 Å². The Morgan fingerprint density at radius 2 is 2.25 bits per heavy atom. The number of rotatable bonds is 4. The SMILES string of the molecule is COc1cc(N2CCCCC(SC)C2)ccc1[N+](=O)[O-]. The predicted octanol–water partition coefficient (Wildman–Crippen LogP) is 3.33. The molecule has 1 atom stereocenters. The summed E-state index contributed by atoms with van der Waals surface area (Å²) in [6, 6.07) is 5.14. The van der Waals surface area contributed by atoms with Gasteiger partial charge in [0.05, 0.1) is 12.0 Å². The van der Waals surface area contributed by atoms with Gasteiger partial charge >= 0.3 is 5.69 Å². The first kappa shape index (κ1) is 15.0. The normalized spacial score (nSPS) is 19.5. The van der Waals surface area contributed by atoms with Crippen molar-refractivity contribution in [2.45, 2.75) is 24.5 Å². The number of thioether (sulfide) groups is 1. The van der Waals surface area contributed by atoms with E-state index < -0.39 is 4.92 Å². The molecule has 1 aromatic rings. The summed E-state index contributed by atoms with van der Waals surface area (Å²) >= 11 is 1.89. The molecule has 0 aromatic heterocycles. The quantitative estimate of drug-likeness (QED) is 0.630. The number of methoxy groups -OCH3 is 1. The summed E-state index contributed by atoms with van der Waals surface area (Å²) in [6.07, 6.45) is 5.79. The number of hydrogen-bond donors (Lipinski definition) is 0. The number of ether oxygens (including phenoxy) is 1. The van der Waals surface area contributed by atoms with Crippen LogP contribution in [0.4, 0.5) is 11.4 Å². The lowest BCUT2D eigenvalue weighted by molar-refractivity contribution is -0.385. The van der Waals surface area contributed by atoms with Gasteiger partial charge < -0.3 is 9.64 Å². The number of hydrogen-bond acceptors (Lipinski definition) is 5. The van der Waals surface area contributed by atoms with E-state index in [4.69, 9.17) is 4.74 Å². The van der Waals surface area contributed by atoms with Crippen LogP contribution >= 0.6 is 11.8 Å². The molecule has 20 heavy (non-hydrogen) atoms. The molecule has 1 aliphatic heterocycles. The molecule has 0 spiro atoms. The third-order valence-corrected chi connectivity index (χ3v) is 4.74. The fraction of sp³-hybridized carbons (Fsp3) is 0.571. The van der Waals surface area contributed by atoms with Gasteiger partial charge in [-0.05, 0) is 25.2 Å². The first-order valence-corrected chi connectivity index (χ1v) is 8.04. The maximum atomic E-state index is 10.9. The largest absolute Gasteiger partial charge is 0.490 e. The second-order valence-electron chi connectivity index (χ2n) is 4.91. The maximum absolute atomic E-state index is 10.9. The Morgan fingerprint density at radius 3 is 2.90 bits per heavy atom. The van der Waals surface area contributed by atoms with Gasteiger partial charge in [0.1, 0.15) is 0 Å². The molecule has 0 amide bonds. The third kappa shape index (κ3) is 3.36. The number of anilines is 1. The molecule has 0 radical (unpaired) electrons. The van der Waals surface area contributed by atoms with Crippen molar-refractivity contribution >= 4 is 23.1 Å². The molecule has 1 aliphatic rings. The van der Waals surface area contributed by atoms with Crippen LogP contribution in [-0.2, 0) is 0 Å². The van der Waals surface area contributed by atoms with Crippen molar-refractivity contribution < 1.29 is 9.66 Å². The molecule has 0 saturated carbocycles. The van der Waals surface area contributed by atoms with Crippen LogP contribution in [0.25, 0.3) is 0 Å². The Hall–Kier alpha value is -1.43. The molecule has 1 fully saturated rings. The van der Waals surface area contributed by atoms with Gasteiger partial charge in [-0.25, -0.2) is 0 Å². The summed E-state index contributed by atoms with van der Waals surface area (Å²) in [5.74, 6) is 0.331. The van der Waals surface area contributed by atoms with Crippen LogP contribution in [0, 0.1) is 10.1 Å². The van der Waals surface area contributed by atoms with Gasteiger partial charge in [0.25, 0.3) is 0 Å². The predicted molar refractivity (Wildman–Crippen MR) is 83.0 cm³/mol. The Morgan fingerprint density at radius 1 is 1.45 bits per heavy atom. The van der Waals surface area contributed by atoms with Crippen LogP contribution < -0.4 is 9.64 Å². The average Bonchev–Trinajstić information content (AvgIpc) is 2.71. The fourth-order valence-electron chi connectivity index (χ4n) is 2.54. The molecule has 0 bridgehead atoms. The van der Waals surface area contributed by atoms with E-state index in [0.717, 1.165) is 25.2 Å². The molecule has 6 heteroatoms. The van der Waals surface area contributed by atoms with Crippen molar-refractivity contribution in [1.82, 2.24) is 0 Å². The lowest BCUT2D eigenvalue weighted by Gasteiger charge is -2.26. The smallest absolute Gasteiger partial charge is 0.311 e. The molecular weight excluding hydrogens is 276 g/mol. The zero-order chi connectivity index (χ0) is 14.5. The van der Waals surface area contributed by atoms with Crippen LogP contribution in [-0.4, -0.2) is 36.6 Å². The summed E-state index contributed by atoms with van der Waals surface area (Å²) in [6.45, 7) is 1.99. The molecule has 110 valence electrons. The van der Waals surface area contributed by atoms with Gasteiger partial charge in [-0.1, -0.05) is 6.42 Å². The number of benzene rings is 1. The highest BCUT2D eigenvalue weighted by molar-refractivity contribution is 7.99. The lowest BCUT2D eigenvalue weighted by atomic mass is 10.2. The van der Waals surface area contributed by atoms with E-state index in [1.165, 1.54) is 26.0 Å². The first-order valence-electron chi connectivity index (χ1n) is 6.76. The highest BCUT2D eigenvalue weighted by atomic mass is 32.2. The van der Waals surface area contributed by atoms with Gasteiger partial charge in [-0.2, -0.15) is 11.8 Å². The summed E-state index contributed by atoms with van der Waals surface area (Å²) in [5, 5.41) is 11.6. The Bertz CT molecular complexity index is 481. The van der Waals surface area contributed by atoms with Crippen LogP contribution in [0.5, 0.6) is 5.75 Å². The van der Waals surface area contributed by atoms with E-state index in [1.807, 2.05) is 17.8 Å². The summed E-state index contributed by atoms with van der Waals surface area (Å²) < 4.78 is 5.15. The third-order valence-electron chi connectivity index (χ3n) is 3.69. The highest BCUT2D eigenvalue weighted by Crippen LogP contribution is 2.33. The van der Waals surface area contributed by atoms with Gasteiger partial charge in [-0.3, -0.25) is 10.1 Å². The average molecular weight is 296 g/mol. The Kier molecular flexibility index (Phi) is 5.11. The molecule has 1 aromatic carbocycles. The van der Waals surface area contributed by atoms with Crippen LogP contribution in [0.1, 0.15) is 19.3 Å². The minimum Gasteiger partial charge on any atom is -0.490 e. The second kappa shape index (κ2) is 6.83. The standard InChI is InChI=1S/C14H20N2O3S/c1-19-14-9-11(6-7-13(14)16(17)18)15-8-4-3-5-12(10-15)20-2/h6-7,9,12H,3-5,8,10H2,1-2H3. The molecular formula is C14H20N2O3S. The lowest BCUT2D eigenvalue weighted by Crippen LogP contribution is -2.29. The van der Waals surface area contributed by atoms with Crippen molar-refractivity contribution in [3.63, 3.8) is 0 Å². The zero-order valence-electron chi connectivity index (χ0n) is 11.9. The van der Waals surface area contributed by atoms with Crippen molar-refractivity contribution in [1.29, 1.82) is 0 Å². The van der Waals surface area contributed by atoms with E-state index in [2.05, 4.69) is 11.2 Å². The molecule has 1 unspecified atom stereocenters. The summed E-state index contributed by atoms with van der Waals surface area (Å²) in [7, 11) is 1.47. The summed E-state index contributed by atoms with van der Waals surface area (Å²) in [5.41, 5.74) is 1.03. The molecule has 2 rings (SSSR count). The number of nitrogens with zero attached hydrogens (tertiary/aromatic N) is 2. The Labute approximate surface area is 123 Å².